The van der Waals surface area contributed by atoms with Crippen molar-refractivity contribution in [2.45, 2.75) is 32.5 Å². The van der Waals surface area contributed by atoms with Gasteiger partial charge in [0.1, 0.15) is 6.17 Å². The Bertz CT molecular complexity index is 467. The van der Waals surface area contributed by atoms with Crippen LogP contribution in [0.2, 0.25) is 5.02 Å². The van der Waals surface area contributed by atoms with E-state index in [2.05, 4.69) is 5.32 Å². The fraction of sp³-hybridized carbons (Fsp3) is 0.533. The minimum atomic E-state index is -0.161. The normalized spacial score (nSPS) is 22.6. The maximum atomic E-state index is 12.2. The Kier molecular flexibility index (Phi) is 5.40. The number of nitrogens with zero attached hydrogens (tertiary/aromatic N) is 1. The average molecular weight is 297 g/mol. The molecule has 1 aromatic rings. The molecule has 1 aliphatic rings. The van der Waals surface area contributed by atoms with Crippen LogP contribution in [-0.4, -0.2) is 36.6 Å². The highest BCUT2D eigenvalue weighted by Crippen LogP contribution is 2.27. The fourth-order valence-electron chi connectivity index (χ4n) is 2.45. The molecule has 20 heavy (non-hydrogen) atoms. The van der Waals surface area contributed by atoms with Crippen LogP contribution in [0.1, 0.15) is 32.0 Å². The van der Waals surface area contributed by atoms with Crippen LogP contribution >= 0.6 is 11.6 Å². The van der Waals surface area contributed by atoms with E-state index in [0.29, 0.717) is 24.8 Å². The molecule has 1 saturated heterocycles. The fourth-order valence-corrected chi connectivity index (χ4v) is 2.65. The van der Waals surface area contributed by atoms with E-state index < -0.39 is 0 Å². The maximum absolute atomic E-state index is 12.2. The Morgan fingerprint density at radius 3 is 2.95 bits per heavy atom. The van der Waals surface area contributed by atoms with Crippen molar-refractivity contribution in [3.8, 4) is 0 Å². The minimum absolute atomic E-state index is 0.0992. The SMILES string of the molecule is CCOCCCN1C(=O)C(C)NC1c1cccc(Cl)c1. The van der Waals surface area contributed by atoms with Crippen LogP contribution in [-0.2, 0) is 9.53 Å². The van der Waals surface area contributed by atoms with Gasteiger partial charge in [-0.05, 0) is 38.0 Å². The van der Waals surface area contributed by atoms with Gasteiger partial charge >= 0.3 is 0 Å². The summed E-state index contributed by atoms with van der Waals surface area (Å²) in [6, 6.07) is 7.48. The van der Waals surface area contributed by atoms with Gasteiger partial charge in [0, 0.05) is 24.8 Å². The molecule has 0 spiro atoms. The first kappa shape index (κ1) is 15.3. The minimum Gasteiger partial charge on any atom is -0.382 e. The molecule has 0 radical (unpaired) electrons. The molecule has 1 fully saturated rings. The second-order valence-corrected chi connectivity index (χ2v) is 5.36. The Hall–Kier alpha value is -1.10. The second-order valence-electron chi connectivity index (χ2n) is 4.93. The quantitative estimate of drug-likeness (QED) is 0.821. The lowest BCUT2D eigenvalue weighted by molar-refractivity contribution is -0.130. The molecule has 2 atom stereocenters. The van der Waals surface area contributed by atoms with Crippen molar-refractivity contribution in [3.05, 3.63) is 34.9 Å². The lowest BCUT2D eigenvalue weighted by atomic mass is 10.1. The van der Waals surface area contributed by atoms with Gasteiger partial charge < -0.3 is 9.64 Å². The predicted octanol–water partition coefficient (Wildman–Crippen LogP) is 2.59. The standard InChI is InChI=1S/C15H21ClN2O2/c1-3-20-9-5-8-18-14(17-11(2)15(18)19)12-6-4-7-13(16)10-12/h4,6-7,10-11,14,17H,3,5,8-9H2,1-2H3. The van der Waals surface area contributed by atoms with Crippen molar-refractivity contribution in [1.82, 2.24) is 10.2 Å². The first-order valence-corrected chi connectivity index (χ1v) is 7.41. The zero-order valence-corrected chi connectivity index (χ0v) is 12.7. The number of halogens is 1. The molecule has 110 valence electrons. The summed E-state index contributed by atoms with van der Waals surface area (Å²) in [6.07, 6.45) is 0.739. The second kappa shape index (κ2) is 7.07. The van der Waals surface area contributed by atoms with E-state index in [1.165, 1.54) is 0 Å². The van der Waals surface area contributed by atoms with Crippen molar-refractivity contribution < 1.29 is 9.53 Å². The summed E-state index contributed by atoms with van der Waals surface area (Å²) in [5.41, 5.74) is 1.02. The van der Waals surface area contributed by atoms with Gasteiger partial charge in [-0.3, -0.25) is 10.1 Å². The Labute approximate surface area is 125 Å². The molecule has 1 aliphatic heterocycles. The van der Waals surface area contributed by atoms with Gasteiger partial charge in [-0.15, -0.1) is 0 Å². The Morgan fingerprint density at radius 2 is 2.25 bits per heavy atom. The van der Waals surface area contributed by atoms with Crippen molar-refractivity contribution in [2.24, 2.45) is 0 Å². The largest absolute Gasteiger partial charge is 0.382 e. The predicted molar refractivity (Wildman–Crippen MR) is 79.6 cm³/mol. The topological polar surface area (TPSA) is 41.6 Å². The summed E-state index contributed by atoms with van der Waals surface area (Å²) in [7, 11) is 0. The first-order valence-electron chi connectivity index (χ1n) is 7.03. The van der Waals surface area contributed by atoms with Crippen molar-refractivity contribution in [1.29, 1.82) is 0 Å². The summed E-state index contributed by atoms with van der Waals surface area (Å²) >= 11 is 6.04. The lowest BCUT2D eigenvalue weighted by Gasteiger charge is -2.24. The number of carbonyl (C=O) groups is 1. The van der Waals surface area contributed by atoms with E-state index in [1.54, 1.807) is 0 Å². The highest BCUT2D eigenvalue weighted by Gasteiger charge is 2.36. The molecule has 0 bridgehead atoms. The number of carbonyl (C=O) groups excluding carboxylic acids is 1. The number of ether oxygens (including phenoxy) is 1. The summed E-state index contributed by atoms with van der Waals surface area (Å²) in [6.45, 7) is 5.94. The monoisotopic (exact) mass is 296 g/mol. The first-order chi connectivity index (χ1) is 9.63. The number of hydrogen-bond acceptors (Lipinski definition) is 3. The molecule has 5 heteroatoms. The van der Waals surface area contributed by atoms with Crippen LogP contribution in [0.15, 0.2) is 24.3 Å². The van der Waals surface area contributed by atoms with Crippen LogP contribution in [0, 0.1) is 0 Å². The average Bonchev–Trinajstić information content (AvgIpc) is 2.71. The van der Waals surface area contributed by atoms with E-state index >= 15 is 0 Å². The number of hydrogen-bond donors (Lipinski definition) is 1. The smallest absolute Gasteiger partial charge is 0.241 e. The molecular weight excluding hydrogens is 276 g/mol. The number of benzene rings is 1. The molecule has 0 aromatic heterocycles. The van der Waals surface area contributed by atoms with Gasteiger partial charge in [-0.2, -0.15) is 0 Å². The van der Waals surface area contributed by atoms with Gasteiger partial charge in [0.25, 0.3) is 0 Å². The molecule has 2 rings (SSSR count). The van der Waals surface area contributed by atoms with Crippen molar-refractivity contribution in [2.75, 3.05) is 19.8 Å². The maximum Gasteiger partial charge on any atom is 0.241 e. The van der Waals surface area contributed by atoms with Gasteiger partial charge in [0.05, 0.1) is 6.04 Å². The molecular formula is C15H21ClN2O2. The molecule has 1 amide bonds. The summed E-state index contributed by atoms with van der Waals surface area (Å²) in [5, 5.41) is 4.00. The van der Waals surface area contributed by atoms with Crippen molar-refractivity contribution in [3.63, 3.8) is 0 Å². The van der Waals surface area contributed by atoms with Crippen LogP contribution in [0.25, 0.3) is 0 Å². The lowest BCUT2D eigenvalue weighted by Crippen LogP contribution is -2.32. The third kappa shape index (κ3) is 3.51. The van der Waals surface area contributed by atoms with E-state index in [9.17, 15) is 4.79 Å². The third-order valence-corrected chi connectivity index (χ3v) is 3.66. The number of rotatable bonds is 6. The zero-order valence-electron chi connectivity index (χ0n) is 11.9. The third-order valence-electron chi connectivity index (χ3n) is 3.43. The van der Waals surface area contributed by atoms with Gasteiger partial charge in [0.2, 0.25) is 5.91 Å². The highest BCUT2D eigenvalue weighted by atomic mass is 35.5. The Morgan fingerprint density at radius 1 is 1.45 bits per heavy atom. The zero-order chi connectivity index (χ0) is 14.5. The van der Waals surface area contributed by atoms with Crippen LogP contribution in [0.4, 0.5) is 0 Å². The summed E-state index contributed by atoms with van der Waals surface area (Å²) in [5.74, 6) is 0.131. The molecule has 1 heterocycles. The van der Waals surface area contributed by atoms with Crippen LogP contribution in [0.3, 0.4) is 0 Å². The van der Waals surface area contributed by atoms with Crippen molar-refractivity contribution >= 4 is 17.5 Å². The molecule has 1 aromatic carbocycles. The van der Waals surface area contributed by atoms with Gasteiger partial charge in [-0.25, -0.2) is 0 Å². The van der Waals surface area contributed by atoms with Crippen LogP contribution in [0.5, 0.6) is 0 Å². The Balaban J connectivity index is 2.07. The summed E-state index contributed by atoms with van der Waals surface area (Å²) in [4.78, 5) is 14.1. The number of nitrogens with one attached hydrogen (secondary N) is 1. The van der Waals surface area contributed by atoms with Gasteiger partial charge in [-0.1, -0.05) is 23.7 Å². The number of amides is 1. The summed E-state index contributed by atoms with van der Waals surface area (Å²) < 4.78 is 5.34. The van der Waals surface area contributed by atoms with E-state index in [4.69, 9.17) is 16.3 Å². The van der Waals surface area contributed by atoms with E-state index in [-0.39, 0.29) is 18.1 Å². The molecule has 4 nitrogen and oxygen atoms in total. The molecule has 0 aliphatic carbocycles. The van der Waals surface area contributed by atoms with E-state index in [1.807, 2.05) is 43.0 Å². The van der Waals surface area contributed by atoms with Gasteiger partial charge in [0.15, 0.2) is 0 Å². The molecule has 1 N–H and O–H groups in total. The van der Waals surface area contributed by atoms with E-state index in [0.717, 1.165) is 12.0 Å². The highest BCUT2D eigenvalue weighted by molar-refractivity contribution is 6.30. The van der Waals surface area contributed by atoms with Crippen LogP contribution < -0.4 is 5.32 Å². The molecule has 2 unspecified atom stereocenters. The molecule has 0 saturated carbocycles.